The summed E-state index contributed by atoms with van der Waals surface area (Å²) >= 11 is 0. The molecule has 0 aliphatic rings. The first-order valence-corrected chi connectivity index (χ1v) is 2.74. The quantitative estimate of drug-likeness (QED) is 0.461. The average molecular weight is 170 g/mol. The molecule has 0 atom stereocenters. The van der Waals surface area contributed by atoms with Crippen LogP contribution in [0.5, 0.6) is 0 Å². The molecule has 2 aromatic heterocycles. The molecule has 0 saturated heterocycles. The fourth-order valence-electron chi connectivity index (χ4n) is 0.613. The summed E-state index contributed by atoms with van der Waals surface area (Å²) in [4.78, 5) is 0.612. The molecule has 2 heterocycles. The Kier molecular flexibility index (Phi) is 1.14. The first kappa shape index (κ1) is 6.45. The first-order chi connectivity index (χ1) is 5.77. The van der Waals surface area contributed by atoms with Gasteiger partial charge in [-0.2, -0.15) is 0 Å². The van der Waals surface area contributed by atoms with Crippen LogP contribution in [0.15, 0.2) is 0 Å². The highest BCUT2D eigenvalue weighted by molar-refractivity contribution is 5.38. The SMILES string of the molecule is On1nnc(-c2nnnn2O)n1. The summed E-state index contributed by atoms with van der Waals surface area (Å²) in [6.45, 7) is 0. The lowest BCUT2D eigenvalue weighted by Crippen LogP contribution is -1.98. The van der Waals surface area contributed by atoms with E-state index in [4.69, 9.17) is 10.4 Å². The molecule has 0 saturated carbocycles. The molecule has 0 aliphatic heterocycles. The number of hydrogen-bond donors (Lipinski definition) is 2. The summed E-state index contributed by atoms with van der Waals surface area (Å²) in [6, 6.07) is 0. The maximum absolute atomic E-state index is 8.90. The second kappa shape index (κ2) is 2.11. The van der Waals surface area contributed by atoms with Gasteiger partial charge in [-0.1, -0.05) is 9.94 Å². The first-order valence-electron chi connectivity index (χ1n) is 2.74. The Bertz CT molecular complexity index is 389. The summed E-state index contributed by atoms with van der Waals surface area (Å²) in [7, 11) is 0. The molecule has 0 aromatic carbocycles. The smallest absolute Gasteiger partial charge is 0.263 e. The molecule has 0 amide bonds. The fraction of sp³-hybridized carbons (Fsp3) is 0. The summed E-state index contributed by atoms with van der Waals surface area (Å²) in [5, 5.41) is 36.9. The van der Waals surface area contributed by atoms with E-state index in [1.54, 1.807) is 0 Å². The van der Waals surface area contributed by atoms with Crippen molar-refractivity contribution in [1.82, 2.24) is 40.7 Å². The van der Waals surface area contributed by atoms with Gasteiger partial charge in [0.1, 0.15) is 0 Å². The van der Waals surface area contributed by atoms with Gasteiger partial charge in [-0.25, -0.2) is 0 Å². The van der Waals surface area contributed by atoms with Gasteiger partial charge in [0.25, 0.3) is 11.6 Å². The van der Waals surface area contributed by atoms with E-state index in [1.807, 2.05) is 0 Å². The van der Waals surface area contributed by atoms with Crippen molar-refractivity contribution in [2.45, 2.75) is 0 Å². The Hall–Kier alpha value is -2.26. The van der Waals surface area contributed by atoms with Crippen LogP contribution >= 0.6 is 0 Å². The van der Waals surface area contributed by atoms with Gasteiger partial charge < -0.3 is 10.4 Å². The van der Waals surface area contributed by atoms with Crippen LogP contribution in [-0.4, -0.2) is 51.2 Å². The highest BCUT2D eigenvalue weighted by atomic mass is 16.5. The fourth-order valence-corrected chi connectivity index (χ4v) is 0.613. The topological polar surface area (TPSA) is 128 Å². The highest BCUT2D eigenvalue weighted by Gasteiger charge is 2.13. The second-order valence-electron chi connectivity index (χ2n) is 1.77. The van der Waals surface area contributed by atoms with Gasteiger partial charge in [0.05, 0.1) is 0 Å². The monoisotopic (exact) mass is 170 g/mol. The zero-order valence-corrected chi connectivity index (χ0v) is 5.47. The molecule has 2 rings (SSSR count). The lowest BCUT2D eigenvalue weighted by Gasteiger charge is -1.86. The van der Waals surface area contributed by atoms with Gasteiger partial charge in [-0.15, -0.1) is 10.2 Å². The van der Waals surface area contributed by atoms with Crippen LogP contribution in [0.2, 0.25) is 0 Å². The minimum atomic E-state index is -0.102. The van der Waals surface area contributed by atoms with Gasteiger partial charge in [0, 0.05) is 4.96 Å². The maximum atomic E-state index is 8.90. The van der Waals surface area contributed by atoms with Crippen molar-refractivity contribution in [3.8, 4) is 11.6 Å². The van der Waals surface area contributed by atoms with Gasteiger partial charge in [-0.05, 0) is 15.6 Å². The minimum Gasteiger partial charge on any atom is -0.409 e. The molecular weight excluding hydrogens is 168 g/mol. The van der Waals surface area contributed by atoms with E-state index >= 15 is 0 Å². The van der Waals surface area contributed by atoms with Gasteiger partial charge in [0.2, 0.25) is 0 Å². The second-order valence-corrected chi connectivity index (χ2v) is 1.77. The molecule has 2 aromatic rings. The van der Waals surface area contributed by atoms with Gasteiger partial charge >= 0.3 is 0 Å². The Labute approximate surface area is 64.0 Å². The van der Waals surface area contributed by atoms with Gasteiger partial charge in [-0.3, -0.25) is 0 Å². The lowest BCUT2D eigenvalue weighted by molar-refractivity contribution is 0.106. The number of rotatable bonds is 1. The third-order valence-corrected chi connectivity index (χ3v) is 1.06. The largest absolute Gasteiger partial charge is 0.409 e. The zero-order valence-electron chi connectivity index (χ0n) is 5.47. The Morgan fingerprint density at radius 1 is 1.08 bits per heavy atom. The molecule has 0 spiro atoms. The molecule has 0 bridgehead atoms. The van der Waals surface area contributed by atoms with E-state index in [1.165, 1.54) is 0 Å². The van der Waals surface area contributed by atoms with Crippen molar-refractivity contribution in [2.24, 2.45) is 0 Å². The third-order valence-electron chi connectivity index (χ3n) is 1.06. The van der Waals surface area contributed by atoms with Crippen molar-refractivity contribution >= 4 is 0 Å². The van der Waals surface area contributed by atoms with Crippen LogP contribution in [0, 0.1) is 0 Å². The predicted octanol–water partition coefficient (Wildman–Crippen LogP) is -2.20. The summed E-state index contributed by atoms with van der Waals surface area (Å²) in [5.41, 5.74) is 0. The molecule has 0 radical (unpaired) electrons. The molecule has 10 nitrogen and oxygen atoms in total. The van der Waals surface area contributed by atoms with E-state index in [9.17, 15) is 0 Å². The highest BCUT2D eigenvalue weighted by Crippen LogP contribution is 2.04. The molecule has 0 fully saturated rings. The van der Waals surface area contributed by atoms with Crippen molar-refractivity contribution in [3.63, 3.8) is 0 Å². The van der Waals surface area contributed by atoms with Crippen LogP contribution in [0.4, 0.5) is 0 Å². The lowest BCUT2D eigenvalue weighted by atomic mass is 10.6. The molecule has 12 heavy (non-hydrogen) atoms. The minimum absolute atomic E-state index is 0.0787. The summed E-state index contributed by atoms with van der Waals surface area (Å²) in [5.74, 6) is -0.180. The Morgan fingerprint density at radius 2 is 1.92 bits per heavy atom. The van der Waals surface area contributed by atoms with E-state index in [2.05, 4.69) is 30.9 Å². The van der Waals surface area contributed by atoms with E-state index in [-0.39, 0.29) is 16.6 Å². The number of aromatic nitrogens is 8. The standard InChI is InChI=1S/C2H2N8O2/c11-9-2(4-6-8-9)1-3-7-10(12)5-1/h11-12H. The van der Waals surface area contributed by atoms with Crippen LogP contribution < -0.4 is 0 Å². The molecule has 10 heteroatoms. The average Bonchev–Trinajstić information content (AvgIpc) is 2.58. The van der Waals surface area contributed by atoms with Crippen molar-refractivity contribution in [3.05, 3.63) is 0 Å². The van der Waals surface area contributed by atoms with Gasteiger partial charge in [0.15, 0.2) is 0 Å². The third kappa shape index (κ3) is 0.817. The molecular formula is C2H2N8O2. The van der Waals surface area contributed by atoms with Crippen LogP contribution in [0.1, 0.15) is 0 Å². The summed E-state index contributed by atoms with van der Waals surface area (Å²) in [6.07, 6.45) is 0. The maximum Gasteiger partial charge on any atom is 0.263 e. The Balaban J connectivity index is 2.50. The normalized spacial score (nSPS) is 10.3. The van der Waals surface area contributed by atoms with Crippen molar-refractivity contribution in [2.75, 3.05) is 0 Å². The predicted molar refractivity (Wildman–Crippen MR) is 29.0 cm³/mol. The van der Waals surface area contributed by atoms with Crippen LogP contribution in [-0.2, 0) is 0 Å². The summed E-state index contributed by atoms with van der Waals surface area (Å²) < 4.78 is 0. The molecule has 2 N–H and O–H groups in total. The van der Waals surface area contributed by atoms with E-state index in [0.717, 1.165) is 0 Å². The molecule has 0 aliphatic carbocycles. The number of tetrazole rings is 2. The zero-order chi connectivity index (χ0) is 8.55. The van der Waals surface area contributed by atoms with E-state index < -0.39 is 0 Å². The van der Waals surface area contributed by atoms with Crippen molar-refractivity contribution < 1.29 is 10.4 Å². The van der Waals surface area contributed by atoms with E-state index in [0.29, 0.717) is 4.85 Å². The molecule has 62 valence electrons. The van der Waals surface area contributed by atoms with Crippen molar-refractivity contribution in [1.29, 1.82) is 0 Å². The molecule has 0 unspecified atom stereocenters. The number of hydrogen-bond acceptors (Lipinski definition) is 8. The van der Waals surface area contributed by atoms with Crippen LogP contribution in [0.25, 0.3) is 11.6 Å². The van der Waals surface area contributed by atoms with Crippen LogP contribution in [0.3, 0.4) is 0 Å². The Morgan fingerprint density at radius 3 is 2.42 bits per heavy atom. The number of nitrogens with zero attached hydrogens (tertiary/aromatic N) is 8.